The van der Waals surface area contributed by atoms with Crippen LogP contribution in [0.15, 0.2) is 0 Å². The molecule has 0 atom stereocenters. The first-order valence-electron chi connectivity index (χ1n) is 4.76. The molecule has 12 heavy (non-hydrogen) atoms. The summed E-state index contributed by atoms with van der Waals surface area (Å²) in [6.45, 7) is 6.38. The zero-order valence-electron chi connectivity index (χ0n) is 7.97. The Morgan fingerprint density at radius 3 is 2.67 bits per heavy atom. The third-order valence-corrected chi connectivity index (χ3v) is 1.64. The van der Waals surface area contributed by atoms with Crippen molar-refractivity contribution in [2.24, 2.45) is 0 Å². The van der Waals surface area contributed by atoms with Crippen molar-refractivity contribution >= 4 is 5.97 Å². The van der Waals surface area contributed by atoms with Crippen LogP contribution in [0, 0.1) is 6.92 Å². The first-order valence-corrected chi connectivity index (χ1v) is 4.76. The summed E-state index contributed by atoms with van der Waals surface area (Å²) in [6.07, 6.45) is 5.47. The van der Waals surface area contributed by atoms with Gasteiger partial charge in [0, 0.05) is 6.42 Å². The largest absolute Gasteiger partial charge is 0.466 e. The summed E-state index contributed by atoms with van der Waals surface area (Å²) in [4.78, 5) is 10.9. The van der Waals surface area contributed by atoms with Gasteiger partial charge in [-0.2, -0.15) is 0 Å². The summed E-state index contributed by atoms with van der Waals surface area (Å²) in [5.41, 5.74) is 0. The van der Waals surface area contributed by atoms with Crippen LogP contribution in [0.1, 0.15) is 45.4 Å². The molecule has 0 bridgehead atoms. The van der Waals surface area contributed by atoms with Gasteiger partial charge in [0.15, 0.2) is 0 Å². The molecule has 1 radical (unpaired) electrons. The molecule has 0 rings (SSSR count). The van der Waals surface area contributed by atoms with Crippen LogP contribution in [0.3, 0.4) is 0 Å². The van der Waals surface area contributed by atoms with E-state index in [-0.39, 0.29) is 5.97 Å². The number of carbonyl (C=O) groups excluding carboxylic acids is 1. The van der Waals surface area contributed by atoms with Crippen molar-refractivity contribution in [3.8, 4) is 0 Å². The van der Waals surface area contributed by atoms with Gasteiger partial charge in [-0.25, -0.2) is 0 Å². The van der Waals surface area contributed by atoms with E-state index in [1.54, 1.807) is 0 Å². The molecule has 0 spiro atoms. The molecule has 71 valence electrons. The highest BCUT2D eigenvalue weighted by Gasteiger charge is 1.99. The van der Waals surface area contributed by atoms with Crippen molar-refractivity contribution in [1.29, 1.82) is 0 Å². The fraction of sp³-hybridized carbons (Fsp3) is 0.800. The van der Waals surface area contributed by atoms with E-state index in [4.69, 9.17) is 4.74 Å². The lowest BCUT2D eigenvalue weighted by Gasteiger charge is -2.02. The molecule has 0 aliphatic carbocycles. The van der Waals surface area contributed by atoms with E-state index in [1.807, 2.05) is 0 Å². The molecular formula is C10H19O2. The van der Waals surface area contributed by atoms with E-state index in [0.717, 1.165) is 32.1 Å². The Labute approximate surface area is 75.3 Å². The topological polar surface area (TPSA) is 26.3 Å². The minimum atomic E-state index is -0.0743. The SMILES string of the molecule is [CH2]CCCC(=O)OCCCCC. The average Bonchev–Trinajstić information content (AvgIpc) is 2.09. The zero-order valence-corrected chi connectivity index (χ0v) is 7.97. The van der Waals surface area contributed by atoms with Crippen LogP contribution in [0.25, 0.3) is 0 Å². The zero-order chi connectivity index (χ0) is 9.23. The molecule has 0 aromatic carbocycles. The average molecular weight is 171 g/mol. The number of hydrogen-bond donors (Lipinski definition) is 0. The Hall–Kier alpha value is -0.530. The molecule has 0 aliphatic rings. The van der Waals surface area contributed by atoms with E-state index in [0.29, 0.717) is 13.0 Å². The maximum absolute atomic E-state index is 10.9. The van der Waals surface area contributed by atoms with Gasteiger partial charge >= 0.3 is 5.97 Å². The normalized spacial score (nSPS) is 9.83. The summed E-state index contributed by atoms with van der Waals surface area (Å²) in [5, 5.41) is 0. The highest BCUT2D eigenvalue weighted by molar-refractivity contribution is 5.69. The molecular weight excluding hydrogens is 152 g/mol. The predicted octanol–water partition coefficient (Wildman–Crippen LogP) is 2.72. The first-order chi connectivity index (χ1) is 5.81. The number of hydrogen-bond acceptors (Lipinski definition) is 2. The van der Waals surface area contributed by atoms with Crippen LogP contribution in [-0.2, 0) is 9.53 Å². The molecule has 2 nitrogen and oxygen atoms in total. The summed E-state index contributed by atoms with van der Waals surface area (Å²) in [6, 6.07) is 0. The number of unbranched alkanes of at least 4 members (excludes halogenated alkanes) is 3. The van der Waals surface area contributed by atoms with Gasteiger partial charge in [-0.3, -0.25) is 4.79 Å². The smallest absolute Gasteiger partial charge is 0.305 e. The van der Waals surface area contributed by atoms with Gasteiger partial charge in [0.05, 0.1) is 6.61 Å². The van der Waals surface area contributed by atoms with Gasteiger partial charge in [-0.15, -0.1) is 0 Å². The molecule has 2 heteroatoms. The Morgan fingerprint density at radius 2 is 2.08 bits per heavy atom. The molecule has 0 aromatic heterocycles. The van der Waals surface area contributed by atoms with Crippen LogP contribution in [0.4, 0.5) is 0 Å². The second kappa shape index (κ2) is 8.57. The van der Waals surface area contributed by atoms with E-state index in [9.17, 15) is 4.79 Å². The van der Waals surface area contributed by atoms with Crippen LogP contribution in [-0.4, -0.2) is 12.6 Å². The van der Waals surface area contributed by atoms with Crippen LogP contribution in [0.5, 0.6) is 0 Å². The highest BCUT2D eigenvalue weighted by atomic mass is 16.5. The van der Waals surface area contributed by atoms with Crippen molar-refractivity contribution in [2.75, 3.05) is 6.61 Å². The van der Waals surface area contributed by atoms with E-state index in [1.165, 1.54) is 0 Å². The van der Waals surface area contributed by atoms with Crippen molar-refractivity contribution in [3.05, 3.63) is 6.92 Å². The molecule has 0 N–H and O–H groups in total. The summed E-state index contributed by atoms with van der Waals surface area (Å²) < 4.78 is 4.98. The van der Waals surface area contributed by atoms with Gasteiger partial charge in [0.2, 0.25) is 0 Å². The van der Waals surface area contributed by atoms with Gasteiger partial charge in [0.25, 0.3) is 0 Å². The van der Waals surface area contributed by atoms with Gasteiger partial charge < -0.3 is 4.74 Å². The third-order valence-electron chi connectivity index (χ3n) is 1.64. The van der Waals surface area contributed by atoms with Gasteiger partial charge in [0.1, 0.15) is 0 Å². The Morgan fingerprint density at radius 1 is 1.33 bits per heavy atom. The predicted molar refractivity (Wildman–Crippen MR) is 49.7 cm³/mol. The summed E-state index contributed by atoms with van der Waals surface area (Å²) in [5.74, 6) is -0.0743. The standard InChI is InChI=1S/C10H19O2/c1-3-5-7-9-12-10(11)8-6-4-2/h2-9H2,1H3. The fourth-order valence-corrected chi connectivity index (χ4v) is 0.880. The first kappa shape index (κ1) is 11.5. The maximum Gasteiger partial charge on any atom is 0.305 e. The van der Waals surface area contributed by atoms with Crippen molar-refractivity contribution < 1.29 is 9.53 Å². The van der Waals surface area contributed by atoms with E-state index < -0.39 is 0 Å². The van der Waals surface area contributed by atoms with Crippen molar-refractivity contribution in [2.45, 2.75) is 45.4 Å². The second-order valence-electron chi connectivity index (χ2n) is 2.88. The second-order valence-corrected chi connectivity index (χ2v) is 2.88. The Kier molecular flexibility index (Phi) is 8.19. The quantitative estimate of drug-likeness (QED) is 0.435. The number of ether oxygens (including phenoxy) is 1. The lowest BCUT2D eigenvalue weighted by Crippen LogP contribution is -2.05. The van der Waals surface area contributed by atoms with Crippen LogP contribution >= 0.6 is 0 Å². The van der Waals surface area contributed by atoms with E-state index in [2.05, 4.69) is 13.8 Å². The lowest BCUT2D eigenvalue weighted by molar-refractivity contribution is -0.143. The molecule has 0 unspecified atom stereocenters. The Balaban J connectivity index is 3.08. The maximum atomic E-state index is 10.9. The molecule has 0 aromatic rings. The van der Waals surface area contributed by atoms with Crippen molar-refractivity contribution in [3.63, 3.8) is 0 Å². The molecule has 0 fully saturated rings. The lowest BCUT2D eigenvalue weighted by atomic mass is 10.2. The number of carbonyl (C=O) groups is 1. The fourth-order valence-electron chi connectivity index (χ4n) is 0.880. The molecule has 0 saturated carbocycles. The van der Waals surface area contributed by atoms with Crippen LogP contribution in [0.2, 0.25) is 0 Å². The van der Waals surface area contributed by atoms with E-state index >= 15 is 0 Å². The molecule has 0 saturated heterocycles. The Bertz CT molecular complexity index is 110. The molecule has 0 heterocycles. The van der Waals surface area contributed by atoms with Gasteiger partial charge in [-0.1, -0.05) is 33.1 Å². The number of rotatable bonds is 7. The molecule has 0 amide bonds. The minimum Gasteiger partial charge on any atom is -0.466 e. The number of esters is 1. The summed E-state index contributed by atoms with van der Waals surface area (Å²) in [7, 11) is 0. The third kappa shape index (κ3) is 7.58. The molecule has 0 aliphatic heterocycles. The minimum absolute atomic E-state index is 0.0743. The van der Waals surface area contributed by atoms with Crippen molar-refractivity contribution in [1.82, 2.24) is 0 Å². The van der Waals surface area contributed by atoms with Gasteiger partial charge in [-0.05, 0) is 12.8 Å². The highest BCUT2D eigenvalue weighted by Crippen LogP contribution is 1.99. The monoisotopic (exact) mass is 171 g/mol. The van der Waals surface area contributed by atoms with Crippen LogP contribution < -0.4 is 0 Å². The summed E-state index contributed by atoms with van der Waals surface area (Å²) >= 11 is 0.